The van der Waals surface area contributed by atoms with E-state index in [9.17, 15) is 13.5 Å². The van der Waals surface area contributed by atoms with Crippen LogP contribution in [0.15, 0.2) is 0 Å². The minimum atomic E-state index is -3.16. The molecule has 0 radical (unpaired) electrons. The van der Waals surface area contributed by atoms with Gasteiger partial charge in [0.05, 0.1) is 11.9 Å². The maximum Gasteiger partial charge on any atom is 0.214 e. The number of nitrogens with one attached hydrogen (secondary N) is 1. The second kappa shape index (κ2) is 5.00. The van der Waals surface area contributed by atoms with Crippen LogP contribution in [0.1, 0.15) is 19.3 Å². The summed E-state index contributed by atoms with van der Waals surface area (Å²) in [6.45, 7) is 2.56. The molecule has 2 saturated heterocycles. The van der Waals surface area contributed by atoms with Crippen molar-refractivity contribution in [2.24, 2.45) is 5.92 Å². The van der Waals surface area contributed by atoms with Crippen LogP contribution in [-0.2, 0) is 10.0 Å². The van der Waals surface area contributed by atoms with E-state index in [0.29, 0.717) is 13.0 Å². The van der Waals surface area contributed by atoms with Gasteiger partial charge in [0.15, 0.2) is 0 Å². The first kappa shape index (κ1) is 12.3. The fourth-order valence-corrected chi connectivity index (χ4v) is 4.31. The number of sulfonamides is 1. The minimum Gasteiger partial charge on any atom is -0.392 e. The van der Waals surface area contributed by atoms with Gasteiger partial charge in [0, 0.05) is 13.1 Å². The zero-order valence-corrected chi connectivity index (χ0v) is 10.2. The van der Waals surface area contributed by atoms with E-state index in [4.69, 9.17) is 0 Å². The van der Waals surface area contributed by atoms with Crippen LogP contribution < -0.4 is 5.32 Å². The van der Waals surface area contributed by atoms with Gasteiger partial charge in [0.2, 0.25) is 10.0 Å². The normalized spacial score (nSPS) is 33.1. The second-order valence-electron chi connectivity index (χ2n) is 4.79. The van der Waals surface area contributed by atoms with Gasteiger partial charge in [0.1, 0.15) is 0 Å². The molecule has 2 fully saturated rings. The van der Waals surface area contributed by atoms with Gasteiger partial charge in [-0.3, -0.25) is 0 Å². The van der Waals surface area contributed by atoms with Crippen molar-refractivity contribution in [1.29, 1.82) is 0 Å². The molecule has 0 aromatic carbocycles. The summed E-state index contributed by atoms with van der Waals surface area (Å²) in [7, 11) is -3.16. The van der Waals surface area contributed by atoms with E-state index in [2.05, 4.69) is 5.32 Å². The molecule has 0 aromatic rings. The van der Waals surface area contributed by atoms with Crippen molar-refractivity contribution in [2.75, 3.05) is 31.9 Å². The standard InChI is InChI=1S/C10H20N2O3S/c13-10-3-5-12(7-10)16(14,15)8-9-2-1-4-11-6-9/h9-11,13H,1-8H2. The van der Waals surface area contributed by atoms with Gasteiger partial charge in [-0.05, 0) is 38.3 Å². The molecule has 94 valence electrons. The van der Waals surface area contributed by atoms with Crippen molar-refractivity contribution in [3.05, 3.63) is 0 Å². The minimum absolute atomic E-state index is 0.229. The van der Waals surface area contributed by atoms with Crippen LogP contribution in [0.4, 0.5) is 0 Å². The highest BCUT2D eigenvalue weighted by Gasteiger charge is 2.32. The van der Waals surface area contributed by atoms with Gasteiger partial charge < -0.3 is 10.4 Å². The highest BCUT2D eigenvalue weighted by molar-refractivity contribution is 7.89. The molecule has 2 aliphatic heterocycles. The van der Waals surface area contributed by atoms with E-state index < -0.39 is 16.1 Å². The van der Waals surface area contributed by atoms with E-state index in [-0.39, 0.29) is 18.2 Å². The molecule has 0 aromatic heterocycles. The van der Waals surface area contributed by atoms with Gasteiger partial charge >= 0.3 is 0 Å². The van der Waals surface area contributed by atoms with Gasteiger partial charge in [-0.25, -0.2) is 8.42 Å². The highest BCUT2D eigenvalue weighted by atomic mass is 32.2. The van der Waals surface area contributed by atoms with Crippen molar-refractivity contribution in [3.8, 4) is 0 Å². The first-order valence-electron chi connectivity index (χ1n) is 5.94. The topological polar surface area (TPSA) is 69.6 Å². The Balaban J connectivity index is 1.91. The molecule has 2 unspecified atom stereocenters. The zero-order chi connectivity index (χ0) is 11.6. The average Bonchev–Trinajstić information content (AvgIpc) is 2.66. The Morgan fingerprint density at radius 3 is 2.75 bits per heavy atom. The monoisotopic (exact) mass is 248 g/mol. The predicted molar refractivity (Wildman–Crippen MR) is 61.6 cm³/mol. The van der Waals surface area contributed by atoms with Crippen LogP contribution in [0.5, 0.6) is 0 Å². The van der Waals surface area contributed by atoms with Crippen molar-refractivity contribution in [3.63, 3.8) is 0 Å². The number of piperidine rings is 1. The summed E-state index contributed by atoms with van der Waals surface area (Å²) in [5, 5.41) is 12.6. The number of hydrogen-bond acceptors (Lipinski definition) is 4. The van der Waals surface area contributed by atoms with Crippen molar-refractivity contribution < 1.29 is 13.5 Å². The largest absolute Gasteiger partial charge is 0.392 e. The lowest BCUT2D eigenvalue weighted by Gasteiger charge is -2.25. The van der Waals surface area contributed by atoms with Crippen LogP contribution in [0.2, 0.25) is 0 Å². The molecule has 2 aliphatic rings. The molecule has 2 rings (SSSR count). The summed E-state index contributed by atoms with van der Waals surface area (Å²) in [5.41, 5.74) is 0. The van der Waals surface area contributed by atoms with E-state index in [0.717, 1.165) is 25.9 Å². The molecule has 0 saturated carbocycles. The quantitative estimate of drug-likeness (QED) is 0.698. The lowest BCUT2D eigenvalue weighted by molar-refractivity contribution is 0.189. The number of β-amino-alcohol motifs (C(OH)–C–C–N with tert-alkyl or cyclic N) is 1. The summed E-state index contributed by atoms with van der Waals surface area (Å²) in [4.78, 5) is 0. The molecule has 0 spiro atoms. The summed E-state index contributed by atoms with van der Waals surface area (Å²) in [5.74, 6) is 0.462. The molecular formula is C10H20N2O3S. The van der Waals surface area contributed by atoms with E-state index in [1.54, 1.807) is 0 Å². The molecule has 16 heavy (non-hydrogen) atoms. The first-order valence-corrected chi connectivity index (χ1v) is 7.55. The third kappa shape index (κ3) is 2.94. The van der Waals surface area contributed by atoms with Crippen molar-refractivity contribution >= 4 is 10.0 Å². The van der Waals surface area contributed by atoms with Crippen LogP contribution in [0.3, 0.4) is 0 Å². The van der Waals surface area contributed by atoms with Gasteiger partial charge in [0.25, 0.3) is 0 Å². The molecule has 0 bridgehead atoms. The Kier molecular flexibility index (Phi) is 3.84. The average molecular weight is 248 g/mol. The lowest BCUT2D eigenvalue weighted by atomic mass is 10.0. The van der Waals surface area contributed by atoms with Crippen molar-refractivity contribution in [2.45, 2.75) is 25.4 Å². The Morgan fingerprint density at radius 2 is 2.19 bits per heavy atom. The highest BCUT2D eigenvalue weighted by Crippen LogP contribution is 2.19. The molecule has 2 N–H and O–H groups in total. The van der Waals surface area contributed by atoms with Gasteiger partial charge in [-0.1, -0.05) is 0 Å². The summed E-state index contributed by atoms with van der Waals surface area (Å²) in [6, 6.07) is 0. The maximum absolute atomic E-state index is 12.0. The fourth-order valence-electron chi connectivity index (χ4n) is 2.43. The molecule has 0 aliphatic carbocycles. The smallest absolute Gasteiger partial charge is 0.214 e. The maximum atomic E-state index is 12.0. The lowest BCUT2D eigenvalue weighted by Crippen LogP contribution is -2.39. The SMILES string of the molecule is O=S(=O)(CC1CCCNC1)N1CCC(O)C1. The third-order valence-corrected chi connectivity index (χ3v) is 5.38. The number of hydrogen-bond donors (Lipinski definition) is 2. The number of nitrogens with zero attached hydrogens (tertiary/aromatic N) is 1. The Bertz CT molecular complexity index is 325. The molecule has 0 amide bonds. The molecule has 6 heteroatoms. The summed E-state index contributed by atoms with van der Waals surface area (Å²) < 4.78 is 25.5. The first-order chi connectivity index (χ1) is 7.58. The Labute approximate surface area is 96.9 Å². The van der Waals surface area contributed by atoms with Crippen molar-refractivity contribution in [1.82, 2.24) is 9.62 Å². The number of aliphatic hydroxyl groups is 1. The van der Waals surface area contributed by atoms with E-state index >= 15 is 0 Å². The van der Waals surface area contributed by atoms with Crippen LogP contribution in [0.25, 0.3) is 0 Å². The third-order valence-electron chi connectivity index (χ3n) is 3.36. The van der Waals surface area contributed by atoms with Gasteiger partial charge in [-0.2, -0.15) is 4.31 Å². The van der Waals surface area contributed by atoms with Crippen LogP contribution in [0, 0.1) is 5.92 Å². The molecule has 2 atom stereocenters. The van der Waals surface area contributed by atoms with Crippen LogP contribution in [-0.4, -0.2) is 55.9 Å². The van der Waals surface area contributed by atoms with E-state index in [1.807, 2.05) is 0 Å². The molecular weight excluding hydrogens is 228 g/mol. The van der Waals surface area contributed by atoms with Crippen LogP contribution >= 0.6 is 0 Å². The Morgan fingerprint density at radius 1 is 1.38 bits per heavy atom. The summed E-state index contributed by atoms with van der Waals surface area (Å²) in [6.07, 6.45) is 2.15. The molecule has 5 nitrogen and oxygen atoms in total. The molecule has 2 heterocycles. The zero-order valence-electron chi connectivity index (χ0n) is 9.43. The van der Waals surface area contributed by atoms with Gasteiger partial charge in [-0.15, -0.1) is 0 Å². The summed E-state index contributed by atoms with van der Waals surface area (Å²) >= 11 is 0. The predicted octanol–water partition coefficient (Wildman–Crippen LogP) is -0.618. The fraction of sp³-hybridized carbons (Fsp3) is 1.00. The number of aliphatic hydroxyl groups excluding tert-OH is 1. The van der Waals surface area contributed by atoms with E-state index in [1.165, 1.54) is 4.31 Å². The number of rotatable bonds is 3. The second-order valence-corrected chi connectivity index (χ2v) is 6.81. The Hall–Kier alpha value is -0.170.